The van der Waals surface area contributed by atoms with Gasteiger partial charge in [-0.1, -0.05) is 89.4 Å². The lowest BCUT2D eigenvalue weighted by Crippen LogP contribution is -2.54. The topological polar surface area (TPSA) is 105 Å². The first-order chi connectivity index (χ1) is 23.2. The summed E-state index contributed by atoms with van der Waals surface area (Å²) in [5.74, 6) is -0.0807. The predicted octanol–water partition coefficient (Wildman–Crippen LogP) is 6.36. The van der Waals surface area contributed by atoms with Crippen molar-refractivity contribution in [3.63, 3.8) is 0 Å². The summed E-state index contributed by atoms with van der Waals surface area (Å²) in [5, 5.41) is 3.20. The van der Waals surface area contributed by atoms with E-state index in [2.05, 4.69) is 21.2 Å². The number of methoxy groups -OCH3 is 2. The molecule has 48 heavy (non-hydrogen) atoms. The molecule has 0 heterocycles. The number of carbonyl (C=O) groups is 2. The molecule has 1 N–H and O–H groups in total. The van der Waals surface area contributed by atoms with Gasteiger partial charge in [0.15, 0.2) is 11.5 Å². The minimum absolute atomic E-state index is 0.0202. The molecule has 9 nitrogen and oxygen atoms in total. The number of carbonyl (C=O) groups excluding carboxylic acids is 2. The average molecular weight is 735 g/mol. The van der Waals surface area contributed by atoms with Crippen LogP contribution in [0.25, 0.3) is 0 Å². The monoisotopic (exact) mass is 733 g/mol. The zero-order valence-electron chi connectivity index (χ0n) is 27.0. The second kappa shape index (κ2) is 16.2. The van der Waals surface area contributed by atoms with Gasteiger partial charge in [-0.15, -0.1) is 0 Å². The van der Waals surface area contributed by atoms with Crippen LogP contribution in [0.4, 0.5) is 5.69 Å². The number of sulfonamides is 1. The van der Waals surface area contributed by atoms with Crippen molar-refractivity contribution in [1.29, 1.82) is 0 Å². The number of hydrogen-bond donors (Lipinski definition) is 1. The normalized spacial score (nSPS) is 13.8. The Morgan fingerprint density at radius 1 is 0.833 bits per heavy atom. The molecule has 0 spiro atoms. The van der Waals surface area contributed by atoms with Crippen LogP contribution in [-0.2, 0) is 32.6 Å². The van der Waals surface area contributed by atoms with Crippen molar-refractivity contribution in [1.82, 2.24) is 10.2 Å². The first-order valence-corrected chi connectivity index (χ1v) is 18.1. The highest BCUT2D eigenvalue weighted by Gasteiger charge is 2.35. The molecule has 1 fully saturated rings. The molecule has 4 aromatic rings. The van der Waals surface area contributed by atoms with Gasteiger partial charge in [0.2, 0.25) is 11.8 Å². The summed E-state index contributed by atoms with van der Waals surface area (Å²) in [7, 11) is -1.30. The standard InChI is InChI=1S/C37H40BrN3O6S/c1-46-34-22-21-31(24-35(34)47-2)41(48(44,45)32-15-7-4-8-16-32)26-36(42)40(25-28-17-19-29(38)20-18-28)33(23-27-11-5-3-6-12-27)37(43)39-30-13-9-10-14-30/h3-8,11-12,15-22,24,30,33H,9-10,13-14,23,25-26H2,1-2H3,(H,39,43)/t33-/m1/s1. The van der Waals surface area contributed by atoms with Gasteiger partial charge in [0.25, 0.3) is 10.0 Å². The van der Waals surface area contributed by atoms with E-state index in [1.807, 2.05) is 54.6 Å². The molecule has 252 valence electrons. The summed E-state index contributed by atoms with van der Waals surface area (Å²) in [6.07, 6.45) is 4.09. The summed E-state index contributed by atoms with van der Waals surface area (Å²) < 4.78 is 41.3. The third kappa shape index (κ3) is 8.56. The van der Waals surface area contributed by atoms with Crippen molar-refractivity contribution in [3.05, 3.63) is 119 Å². The van der Waals surface area contributed by atoms with Crippen molar-refractivity contribution in [2.75, 3.05) is 25.1 Å². The minimum atomic E-state index is -4.25. The molecule has 0 radical (unpaired) electrons. The van der Waals surface area contributed by atoms with Crippen molar-refractivity contribution < 1.29 is 27.5 Å². The van der Waals surface area contributed by atoms with Crippen molar-refractivity contribution in [3.8, 4) is 11.5 Å². The van der Waals surface area contributed by atoms with Crippen LogP contribution in [0.15, 0.2) is 112 Å². The molecule has 1 aliphatic rings. The maximum atomic E-state index is 14.7. The fraction of sp³-hybridized carbons (Fsp3) is 0.297. The SMILES string of the molecule is COc1ccc(N(CC(=O)N(Cc2ccc(Br)cc2)[C@H](Cc2ccccc2)C(=O)NC2CCCC2)S(=O)(=O)c2ccccc2)cc1OC. The van der Waals surface area contributed by atoms with E-state index in [4.69, 9.17) is 9.47 Å². The third-order valence-corrected chi connectivity index (χ3v) is 10.8. The van der Waals surface area contributed by atoms with E-state index in [9.17, 15) is 18.0 Å². The molecule has 2 amide bonds. The average Bonchev–Trinajstić information content (AvgIpc) is 3.63. The van der Waals surface area contributed by atoms with Gasteiger partial charge >= 0.3 is 0 Å². The largest absolute Gasteiger partial charge is 0.493 e. The summed E-state index contributed by atoms with van der Waals surface area (Å²) in [4.78, 5) is 30.4. The molecule has 0 bridgehead atoms. The highest BCUT2D eigenvalue weighted by molar-refractivity contribution is 9.10. The van der Waals surface area contributed by atoms with Gasteiger partial charge in [0.05, 0.1) is 24.8 Å². The Labute approximate surface area is 291 Å². The molecule has 5 rings (SSSR count). The summed E-state index contributed by atoms with van der Waals surface area (Å²) in [6, 6.07) is 28.8. The Balaban J connectivity index is 1.58. The number of benzene rings is 4. The number of hydrogen-bond acceptors (Lipinski definition) is 6. The predicted molar refractivity (Wildman–Crippen MR) is 190 cm³/mol. The van der Waals surface area contributed by atoms with Gasteiger partial charge < -0.3 is 19.7 Å². The number of anilines is 1. The van der Waals surface area contributed by atoms with Gasteiger partial charge in [0.1, 0.15) is 12.6 Å². The molecule has 4 aromatic carbocycles. The van der Waals surface area contributed by atoms with Crippen LogP contribution < -0.4 is 19.1 Å². The Morgan fingerprint density at radius 3 is 2.08 bits per heavy atom. The first kappa shape index (κ1) is 35.0. The van der Waals surface area contributed by atoms with Gasteiger partial charge in [-0.2, -0.15) is 0 Å². The number of halogens is 1. The van der Waals surface area contributed by atoms with Crippen LogP contribution in [0.5, 0.6) is 11.5 Å². The van der Waals surface area contributed by atoms with E-state index in [0.717, 1.165) is 45.6 Å². The number of nitrogens with one attached hydrogen (secondary N) is 1. The number of ether oxygens (including phenoxy) is 2. The molecule has 0 aromatic heterocycles. The van der Waals surface area contributed by atoms with Crippen LogP contribution in [0.1, 0.15) is 36.8 Å². The molecule has 1 saturated carbocycles. The van der Waals surface area contributed by atoms with Gasteiger partial charge in [-0.05, 0) is 60.4 Å². The second-order valence-electron chi connectivity index (χ2n) is 11.7. The highest BCUT2D eigenvalue weighted by atomic mass is 79.9. The Kier molecular flexibility index (Phi) is 11.8. The molecular weight excluding hydrogens is 694 g/mol. The van der Waals surface area contributed by atoms with E-state index in [1.165, 1.54) is 37.3 Å². The zero-order valence-corrected chi connectivity index (χ0v) is 29.5. The maximum absolute atomic E-state index is 14.7. The fourth-order valence-corrected chi connectivity index (χ4v) is 7.63. The van der Waals surface area contributed by atoms with E-state index in [1.54, 1.807) is 30.3 Å². The van der Waals surface area contributed by atoms with Crippen molar-refractivity contribution in [2.45, 2.75) is 55.6 Å². The van der Waals surface area contributed by atoms with Crippen LogP contribution in [-0.4, -0.2) is 58.0 Å². The quantitative estimate of drug-likeness (QED) is 0.162. The number of rotatable bonds is 14. The number of nitrogens with zero attached hydrogens (tertiary/aromatic N) is 2. The second-order valence-corrected chi connectivity index (χ2v) is 14.5. The van der Waals surface area contributed by atoms with Gasteiger partial charge in [-0.3, -0.25) is 13.9 Å². The smallest absolute Gasteiger partial charge is 0.264 e. The Morgan fingerprint density at radius 2 is 1.46 bits per heavy atom. The number of amides is 2. The van der Waals surface area contributed by atoms with E-state index in [0.29, 0.717) is 11.5 Å². The Bertz CT molecular complexity index is 1780. The first-order valence-electron chi connectivity index (χ1n) is 15.9. The Hall–Kier alpha value is -4.35. The van der Waals surface area contributed by atoms with E-state index < -0.39 is 28.5 Å². The summed E-state index contributed by atoms with van der Waals surface area (Å²) >= 11 is 3.47. The van der Waals surface area contributed by atoms with Crippen LogP contribution in [0, 0.1) is 0 Å². The minimum Gasteiger partial charge on any atom is -0.493 e. The van der Waals surface area contributed by atoms with Gasteiger partial charge in [0, 0.05) is 29.5 Å². The van der Waals surface area contributed by atoms with Crippen molar-refractivity contribution in [2.24, 2.45) is 0 Å². The molecule has 0 unspecified atom stereocenters. The molecule has 11 heteroatoms. The molecule has 1 aliphatic carbocycles. The highest BCUT2D eigenvalue weighted by Crippen LogP contribution is 2.34. The van der Waals surface area contributed by atoms with Crippen LogP contribution >= 0.6 is 15.9 Å². The van der Waals surface area contributed by atoms with Gasteiger partial charge in [-0.25, -0.2) is 8.42 Å². The fourth-order valence-electron chi connectivity index (χ4n) is 5.94. The zero-order chi connectivity index (χ0) is 34.1. The maximum Gasteiger partial charge on any atom is 0.264 e. The summed E-state index contributed by atoms with van der Waals surface area (Å²) in [5.41, 5.74) is 1.89. The lowest BCUT2D eigenvalue weighted by atomic mass is 10.0. The third-order valence-electron chi connectivity index (χ3n) is 8.50. The van der Waals surface area contributed by atoms with E-state index >= 15 is 0 Å². The summed E-state index contributed by atoms with van der Waals surface area (Å²) in [6.45, 7) is -0.474. The molecule has 1 atom stereocenters. The molecular formula is C37H40BrN3O6S. The van der Waals surface area contributed by atoms with Crippen LogP contribution in [0.2, 0.25) is 0 Å². The molecule has 0 saturated heterocycles. The van der Waals surface area contributed by atoms with Crippen molar-refractivity contribution >= 4 is 43.5 Å². The van der Waals surface area contributed by atoms with E-state index in [-0.39, 0.29) is 35.5 Å². The molecule has 0 aliphatic heterocycles. The lowest BCUT2D eigenvalue weighted by Gasteiger charge is -2.34. The van der Waals surface area contributed by atoms with Crippen LogP contribution in [0.3, 0.4) is 0 Å². The lowest BCUT2D eigenvalue weighted by molar-refractivity contribution is -0.140.